The molecule has 9 nitrogen and oxygen atoms in total. The first-order valence-electron chi connectivity index (χ1n) is 8.72. The molecule has 0 fully saturated rings. The summed E-state index contributed by atoms with van der Waals surface area (Å²) in [6, 6.07) is 10.4. The molecule has 0 unspecified atom stereocenters. The smallest absolute Gasteiger partial charge is 0.269 e. The summed E-state index contributed by atoms with van der Waals surface area (Å²) in [4.78, 5) is 32.2. The molecule has 3 rings (SSSR count). The lowest BCUT2D eigenvalue weighted by Crippen LogP contribution is -2.20. The average molecular weight is 391 g/mol. The number of fused-ring (bicyclic) bond motifs is 1. The lowest BCUT2D eigenvalue weighted by molar-refractivity contribution is 0.0955. The molecule has 9 heteroatoms. The largest absolute Gasteiger partial charge is 0.397 e. The van der Waals surface area contributed by atoms with Crippen LogP contribution in [0.1, 0.15) is 26.4 Å². The Hall–Kier alpha value is -3.98. The van der Waals surface area contributed by atoms with Crippen LogP contribution in [-0.4, -0.2) is 40.9 Å². The van der Waals surface area contributed by atoms with Gasteiger partial charge in [0.25, 0.3) is 11.8 Å². The molecule has 6 N–H and O–H groups in total. The third kappa shape index (κ3) is 4.66. The minimum Gasteiger partial charge on any atom is -0.397 e. The number of hydrogen-bond donors (Lipinski definition) is 4. The number of nitrogens with one attached hydrogen (secondary N) is 2. The summed E-state index contributed by atoms with van der Waals surface area (Å²) in [7, 11) is 3.20. The lowest BCUT2D eigenvalue weighted by Gasteiger charge is -2.10. The van der Waals surface area contributed by atoms with Gasteiger partial charge >= 0.3 is 0 Å². The van der Waals surface area contributed by atoms with Gasteiger partial charge in [0, 0.05) is 38.1 Å². The van der Waals surface area contributed by atoms with Crippen molar-refractivity contribution in [1.29, 1.82) is 0 Å². The number of aromatic nitrogens is 2. The Labute approximate surface area is 167 Å². The molecule has 2 aromatic heterocycles. The zero-order chi connectivity index (χ0) is 21.0. The van der Waals surface area contributed by atoms with Crippen molar-refractivity contribution in [1.82, 2.24) is 20.3 Å². The molecule has 0 aliphatic rings. The van der Waals surface area contributed by atoms with E-state index in [4.69, 9.17) is 11.6 Å². The van der Waals surface area contributed by atoms with E-state index in [0.29, 0.717) is 17.1 Å². The van der Waals surface area contributed by atoms with Gasteiger partial charge in [0.2, 0.25) is 0 Å². The van der Waals surface area contributed by atoms with Gasteiger partial charge < -0.3 is 21.4 Å². The topological polar surface area (TPSA) is 139 Å². The monoisotopic (exact) mass is 391 g/mol. The molecule has 0 aliphatic heterocycles. The second-order valence-corrected chi connectivity index (χ2v) is 6.35. The highest BCUT2D eigenvalue weighted by atomic mass is 16.2. The molecule has 148 valence electrons. The Morgan fingerprint density at radius 2 is 1.76 bits per heavy atom. The molecule has 2 heterocycles. The van der Waals surface area contributed by atoms with E-state index in [0.717, 1.165) is 16.3 Å². The molecule has 0 saturated carbocycles. The molecule has 0 radical (unpaired) electrons. The van der Waals surface area contributed by atoms with Gasteiger partial charge in [0.1, 0.15) is 11.5 Å². The fraction of sp³-hybridized carbons (Fsp3) is 0.100. The van der Waals surface area contributed by atoms with Crippen LogP contribution in [0.2, 0.25) is 0 Å². The van der Waals surface area contributed by atoms with E-state index < -0.39 is 0 Å². The quantitative estimate of drug-likeness (QED) is 0.380. The number of hydrazine groups is 1. The van der Waals surface area contributed by atoms with E-state index in [1.54, 1.807) is 25.5 Å². The number of carbonyl (C=O) groups is 2. The first-order valence-corrected chi connectivity index (χ1v) is 8.72. The number of hydrogen-bond acceptors (Lipinski definition) is 7. The van der Waals surface area contributed by atoms with Crippen LogP contribution in [0, 0.1) is 0 Å². The number of pyridine rings is 2. The van der Waals surface area contributed by atoms with Gasteiger partial charge in [-0.05, 0) is 35.2 Å². The van der Waals surface area contributed by atoms with Crippen LogP contribution in [0.5, 0.6) is 0 Å². The van der Waals surface area contributed by atoms with Gasteiger partial charge in [-0.3, -0.25) is 14.6 Å². The molecular formula is C20H21N7O2. The predicted molar refractivity (Wildman–Crippen MR) is 111 cm³/mol. The second-order valence-electron chi connectivity index (χ2n) is 6.35. The number of anilines is 1. The third-order valence-corrected chi connectivity index (χ3v) is 4.12. The summed E-state index contributed by atoms with van der Waals surface area (Å²) >= 11 is 0. The van der Waals surface area contributed by atoms with E-state index in [-0.39, 0.29) is 17.5 Å². The number of nitrogens with two attached hydrogens (primary N) is 2. The van der Waals surface area contributed by atoms with Gasteiger partial charge in [-0.2, -0.15) is 0 Å². The van der Waals surface area contributed by atoms with Gasteiger partial charge in [-0.1, -0.05) is 12.1 Å². The van der Waals surface area contributed by atoms with E-state index in [1.165, 1.54) is 30.4 Å². The third-order valence-electron chi connectivity index (χ3n) is 4.12. The van der Waals surface area contributed by atoms with Gasteiger partial charge in [-0.15, -0.1) is 0 Å². The van der Waals surface area contributed by atoms with Crippen molar-refractivity contribution >= 4 is 34.1 Å². The number of rotatable bonds is 5. The Morgan fingerprint density at radius 3 is 2.41 bits per heavy atom. The summed E-state index contributed by atoms with van der Waals surface area (Å²) in [6.07, 6.45) is 4.62. The van der Waals surface area contributed by atoms with E-state index >= 15 is 0 Å². The van der Waals surface area contributed by atoms with Crippen molar-refractivity contribution in [2.45, 2.75) is 0 Å². The normalized spacial score (nSPS) is 11.2. The molecule has 0 saturated heterocycles. The minimum atomic E-state index is -0.381. The predicted octanol–water partition coefficient (Wildman–Crippen LogP) is 1.30. The summed E-state index contributed by atoms with van der Waals surface area (Å²) < 4.78 is 0. The van der Waals surface area contributed by atoms with Gasteiger partial charge in [-0.25, -0.2) is 10.8 Å². The van der Waals surface area contributed by atoms with E-state index in [9.17, 15) is 9.59 Å². The molecule has 0 atom stereocenters. The first-order chi connectivity index (χ1) is 13.9. The van der Waals surface area contributed by atoms with Crippen molar-refractivity contribution < 1.29 is 9.59 Å². The average Bonchev–Trinajstić information content (AvgIpc) is 2.72. The highest BCUT2D eigenvalue weighted by Crippen LogP contribution is 2.21. The Bertz CT molecular complexity index is 1090. The molecule has 2 amide bonds. The maximum absolute atomic E-state index is 12.5. The zero-order valence-electron chi connectivity index (χ0n) is 16.0. The second kappa shape index (κ2) is 8.36. The standard InChI is InChI=1S/C20H21N7O2/c1-23-20(29)17-6-5-14(10-24-17)19(28)26-18-8-15-7-12(16(21)11-27(2)22)3-4-13(15)9-25-18/h3-11H,21-22H2,1-2H3,(H,23,29)(H,25,26,28)/b16-11-. The van der Waals surface area contributed by atoms with Crippen LogP contribution in [0.4, 0.5) is 5.82 Å². The minimum absolute atomic E-state index is 0.231. The van der Waals surface area contributed by atoms with E-state index in [2.05, 4.69) is 20.6 Å². The van der Waals surface area contributed by atoms with Crippen LogP contribution < -0.4 is 22.2 Å². The number of amides is 2. The maximum Gasteiger partial charge on any atom is 0.269 e. The van der Waals surface area contributed by atoms with Crippen molar-refractivity contribution in [3.8, 4) is 0 Å². The van der Waals surface area contributed by atoms with Gasteiger partial charge in [0.05, 0.1) is 11.3 Å². The maximum atomic E-state index is 12.5. The summed E-state index contributed by atoms with van der Waals surface area (Å²) in [5, 5.41) is 8.34. The molecule has 3 aromatic rings. The zero-order valence-corrected chi connectivity index (χ0v) is 16.0. The van der Waals surface area contributed by atoms with E-state index in [1.807, 2.05) is 18.2 Å². The SMILES string of the molecule is CNC(=O)c1ccc(C(=O)Nc2cc3cc(/C(N)=C/N(C)N)ccc3cn2)cn1. The highest BCUT2D eigenvalue weighted by molar-refractivity contribution is 6.04. The van der Waals surface area contributed by atoms with Crippen molar-refractivity contribution in [3.63, 3.8) is 0 Å². The van der Waals surface area contributed by atoms with Crippen LogP contribution in [-0.2, 0) is 0 Å². The number of carbonyl (C=O) groups excluding carboxylic acids is 2. The number of benzene rings is 1. The van der Waals surface area contributed by atoms with Crippen LogP contribution >= 0.6 is 0 Å². The molecule has 0 aliphatic carbocycles. The molecular weight excluding hydrogens is 370 g/mol. The molecule has 29 heavy (non-hydrogen) atoms. The molecule has 0 spiro atoms. The van der Waals surface area contributed by atoms with Crippen molar-refractivity contribution in [2.75, 3.05) is 19.4 Å². The van der Waals surface area contributed by atoms with Crippen LogP contribution in [0.15, 0.2) is 55.0 Å². The van der Waals surface area contributed by atoms with Crippen molar-refractivity contribution in [2.24, 2.45) is 11.6 Å². The van der Waals surface area contributed by atoms with Crippen molar-refractivity contribution in [3.05, 3.63) is 71.8 Å². The first kappa shape index (κ1) is 19.8. The Morgan fingerprint density at radius 1 is 1.00 bits per heavy atom. The summed E-state index contributed by atoms with van der Waals surface area (Å²) in [5.41, 5.74) is 7.90. The van der Waals surface area contributed by atoms with Gasteiger partial charge in [0.15, 0.2) is 0 Å². The summed E-state index contributed by atoms with van der Waals surface area (Å²) in [6.45, 7) is 0. The molecule has 1 aromatic carbocycles. The Balaban J connectivity index is 1.82. The molecule has 0 bridgehead atoms. The van der Waals surface area contributed by atoms with Crippen LogP contribution in [0.25, 0.3) is 16.5 Å². The van der Waals surface area contributed by atoms with Crippen LogP contribution in [0.3, 0.4) is 0 Å². The highest BCUT2D eigenvalue weighted by Gasteiger charge is 2.11. The lowest BCUT2D eigenvalue weighted by atomic mass is 10.1. The number of nitrogens with zero attached hydrogens (tertiary/aromatic N) is 3. The Kier molecular flexibility index (Phi) is 5.70. The fourth-order valence-electron chi connectivity index (χ4n) is 2.66. The fourth-order valence-corrected chi connectivity index (χ4v) is 2.66. The summed E-state index contributed by atoms with van der Waals surface area (Å²) in [5.74, 6) is 5.28.